The van der Waals surface area contributed by atoms with Crippen LogP contribution in [0, 0.1) is 18.7 Å². The lowest BCUT2D eigenvalue weighted by Crippen LogP contribution is -2.20. The van der Waals surface area contributed by atoms with E-state index < -0.39 is 0 Å². The van der Waals surface area contributed by atoms with Crippen LogP contribution in [0.1, 0.15) is 54.5 Å². The number of methoxy groups -OCH3 is 1. The molecule has 0 aliphatic carbocycles. The summed E-state index contributed by atoms with van der Waals surface area (Å²) in [5.41, 5.74) is 5.83. The predicted molar refractivity (Wildman–Crippen MR) is 124 cm³/mol. The molecule has 166 valence electrons. The second-order valence-corrected chi connectivity index (χ2v) is 8.72. The number of aryl methyl sites for hydroxylation is 2. The molecule has 0 saturated carbocycles. The van der Waals surface area contributed by atoms with Gasteiger partial charge in [-0.3, -0.25) is 4.79 Å². The molecule has 32 heavy (non-hydrogen) atoms. The van der Waals surface area contributed by atoms with Crippen molar-refractivity contribution >= 4 is 5.97 Å². The first-order valence-electron chi connectivity index (χ1n) is 11.1. The normalized spacial score (nSPS) is 17.1. The number of benzene rings is 3. The number of rotatable bonds is 5. The Morgan fingerprint density at radius 1 is 1.06 bits per heavy atom. The predicted octanol–water partition coefficient (Wildman–Crippen LogP) is 6.78. The number of carbonyl (C=O) groups is 1. The lowest BCUT2D eigenvalue weighted by molar-refractivity contribution is -0.145. The van der Waals surface area contributed by atoms with Crippen molar-refractivity contribution in [3.05, 3.63) is 88.7 Å². The summed E-state index contributed by atoms with van der Waals surface area (Å²) in [7, 11) is 1.42. The number of carbonyl (C=O) groups excluding carboxylic acids is 1. The third kappa shape index (κ3) is 4.40. The van der Waals surface area contributed by atoms with Crippen molar-refractivity contribution in [3.63, 3.8) is 0 Å². The van der Waals surface area contributed by atoms with E-state index in [4.69, 9.17) is 9.47 Å². The summed E-state index contributed by atoms with van der Waals surface area (Å²) >= 11 is 0. The van der Waals surface area contributed by atoms with Gasteiger partial charge in [0.05, 0.1) is 13.0 Å². The molecule has 0 bridgehead atoms. The highest BCUT2D eigenvalue weighted by atomic mass is 19.1. The van der Waals surface area contributed by atoms with Crippen LogP contribution in [0.3, 0.4) is 0 Å². The quantitative estimate of drug-likeness (QED) is 0.417. The molecule has 4 rings (SSSR count). The summed E-state index contributed by atoms with van der Waals surface area (Å²) in [4.78, 5) is 11.9. The van der Waals surface area contributed by atoms with Gasteiger partial charge in [0.25, 0.3) is 0 Å². The zero-order valence-corrected chi connectivity index (χ0v) is 19.0. The van der Waals surface area contributed by atoms with Crippen LogP contribution in [-0.4, -0.2) is 13.1 Å². The van der Waals surface area contributed by atoms with E-state index in [1.807, 2.05) is 51.1 Å². The van der Waals surface area contributed by atoms with Crippen molar-refractivity contribution in [2.24, 2.45) is 5.92 Å². The van der Waals surface area contributed by atoms with Crippen LogP contribution in [0.4, 0.5) is 4.39 Å². The number of esters is 1. The molecule has 0 fully saturated rings. The molecule has 3 aromatic rings. The van der Waals surface area contributed by atoms with Crippen LogP contribution in [0.2, 0.25) is 0 Å². The van der Waals surface area contributed by atoms with E-state index >= 15 is 0 Å². The summed E-state index contributed by atoms with van der Waals surface area (Å²) in [5, 5.41) is 0. The highest BCUT2D eigenvalue weighted by molar-refractivity contribution is 5.73. The van der Waals surface area contributed by atoms with E-state index in [9.17, 15) is 9.18 Å². The van der Waals surface area contributed by atoms with Crippen molar-refractivity contribution in [1.82, 2.24) is 0 Å². The second kappa shape index (κ2) is 9.15. The minimum Gasteiger partial charge on any atom is -0.485 e. The summed E-state index contributed by atoms with van der Waals surface area (Å²) in [6, 6.07) is 19.4. The van der Waals surface area contributed by atoms with Gasteiger partial charge in [0.15, 0.2) is 0 Å². The molecule has 3 atom stereocenters. The fourth-order valence-electron chi connectivity index (χ4n) is 4.32. The first kappa shape index (κ1) is 22.1. The minimum atomic E-state index is -0.230. The SMILES string of the molecule is COC(=O)C(C)C(C)c1ccc2c(c1)OC(c1ccc(-c3cc(C)ccc3F)cc1)CC2. The maximum atomic E-state index is 14.3. The largest absolute Gasteiger partial charge is 0.485 e. The monoisotopic (exact) mass is 432 g/mol. The third-order valence-electron chi connectivity index (χ3n) is 6.60. The van der Waals surface area contributed by atoms with Gasteiger partial charge in [-0.1, -0.05) is 61.9 Å². The molecule has 0 radical (unpaired) electrons. The Balaban J connectivity index is 1.54. The van der Waals surface area contributed by atoms with Gasteiger partial charge in [-0.05, 0) is 66.1 Å². The van der Waals surface area contributed by atoms with Gasteiger partial charge >= 0.3 is 5.97 Å². The Labute approximate surface area is 189 Å². The molecule has 1 aliphatic rings. The minimum absolute atomic E-state index is 0.0280. The number of ether oxygens (including phenoxy) is 2. The van der Waals surface area contributed by atoms with Crippen molar-refractivity contribution in [3.8, 4) is 16.9 Å². The van der Waals surface area contributed by atoms with E-state index in [2.05, 4.69) is 18.2 Å². The van der Waals surface area contributed by atoms with Crippen molar-refractivity contribution in [2.45, 2.75) is 45.6 Å². The molecule has 3 aromatic carbocycles. The number of hydrogen-bond acceptors (Lipinski definition) is 3. The van der Waals surface area contributed by atoms with Gasteiger partial charge in [-0.15, -0.1) is 0 Å². The Morgan fingerprint density at radius 3 is 2.53 bits per heavy atom. The molecule has 0 amide bonds. The average Bonchev–Trinajstić information content (AvgIpc) is 2.83. The van der Waals surface area contributed by atoms with Gasteiger partial charge in [0.2, 0.25) is 0 Å². The summed E-state index contributed by atoms with van der Waals surface area (Å²) in [6.45, 7) is 5.89. The molecule has 3 nitrogen and oxygen atoms in total. The van der Waals surface area contributed by atoms with Crippen molar-refractivity contribution in [2.75, 3.05) is 7.11 Å². The Bertz CT molecular complexity index is 1120. The number of halogens is 1. The van der Waals surface area contributed by atoms with E-state index in [0.717, 1.165) is 40.8 Å². The standard InChI is InChI=1S/C28H29FO3/c1-17-5-13-25(29)24(15-17)20-6-8-21(9-7-20)26-14-12-22-10-11-23(16-27(22)32-26)18(2)19(3)28(30)31-4/h5-11,13,15-16,18-19,26H,12,14H2,1-4H3. The highest BCUT2D eigenvalue weighted by Gasteiger charge is 2.26. The van der Waals surface area contributed by atoms with Gasteiger partial charge in [0, 0.05) is 5.56 Å². The Morgan fingerprint density at radius 2 is 1.81 bits per heavy atom. The van der Waals surface area contributed by atoms with Crippen LogP contribution in [0.25, 0.3) is 11.1 Å². The highest BCUT2D eigenvalue weighted by Crippen LogP contribution is 2.38. The van der Waals surface area contributed by atoms with E-state index in [-0.39, 0.29) is 29.7 Å². The molecular weight excluding hydrogens is 403 g/mol. The molecule has 1 aliphatic heterocycles. The van der Waals surface area contributed by atoms with E-state index in [1.54, 1.807) is 6.07 Å². The topological polar surface area (TPSA) is 35.5 Å². The van der Waals surface area contributed by atoms with Crippen LogP contribution in [-0.2, 0) is 16.0 Å². The fraction of sp³-hybridized carbons (Fsp3) is 0.321. The number of fused-ring (bicyclic) bond motifs is 1. The van der Waals surface area contributed by atoms with Crippen LogP contribution < -0.4 is 4.74 Å². The van der Waals surface area contributed by atoms with Gasteiger partial charge in [-0.25, -0.2) is 4.39 Å². The van der Waals surface area contributed by atoms with Gasteiger partial charge in [0.1, 0.15) is 17.7 Å². The average molecular weight is 433 g/mol. The maximum absolute atomic E-state index is 14.3. The smallest absolute Gasteiger partial charge is 0.308 e. The fourth-order valence-corrected chi connectivity index (χ4v) is 4.32. The van der Waals surface area contributed by atoms with Crippen LogP contribution >= 0.6 is 0 Å². The van der Waals surface area contributed by atoms with Gasteiger partial charge in [-0.2, -0.15) is 0 Å². The second-order valence-electron chi connectivity index (χ2n) is 8.72. The first-order valence-corrected chi connectivity index (χ1v) is 11.1. The zero-order valence-electron chi connectivity index (χ0n) is 19.0. The maximum Gasteiger partial charge on any atom is 0.308 e. The molecule has 4 heteroatoms. The molecule has 3 unspecified atom stereocenters. The summed E-state index contributed by atoms with van der Waals surface area (Å²) in [6.07, 6.45) is 1.76. The molecule has 0 spiro atoms. The summed E-state index contributed by atoms with van der Waals surface area (Å²) in [5.74, 6) is 0.247. The van der Waals surface area contributed by atoms with Crippen molar-refractivity contribution in [1.29, 1.82) is 0 Å². The first-order chi connectivity index (χ1) is 15.4. The lowest BCUT2D eigenvalue weighted by atomic mass is 9.87. The van der Waals surface area contributed by atoms with Gasteiger partial charge < -0.3 is 9.47 Å². The van der Waals surface area contributed by atoms with Crippen molar-refractivity contribution < 1.29 is 18.7 Å². The Kier molecular flexibility index (Phi) is 6.31. The molecular formula is C28H29FO3. The zero-order chi connectivity index (χ0) is 22.8. The molecule has 0 N–H and O–H groups in total. The van der Waals surface area contributed by atoms with E-state index in [0.29, 0.717) is 5.56 Å². The summed E-state index contributed by atoms with van der Waals surface area (Å²) < 4.78 is 25.5. The third-order valence-corrected chi connectivity index (χ3v) is 6.60. The number of hydrogen-bond donors (Lipinski definition) is 0. The van der Waals surface area contributed by atoms with Crippen LogP contribution in [0.15, 0.2) is 60.7 Å². The molecule has 1 heterocycles. The Hall–Kier alpha value is -3.14. The molecule has 0 saturated heterocycles. The van der Waals surface area contributed by atoms with Crippen LogP contribution in [0.5, 0.6) is 5.75 Å². The lowest BCUT2D eigenvalue weighted by Gasteiger charge is -2.28. The molecule has 0 aromatic heterocycles. The van der Waals surface area contributed by atoms with E-state index in [1.165, 1.54) is 18.7 Å².